The standard InChI is InChI=1S/C17H19N3S/c1-13(2)17(16-5-3-12-21-16)19-14-6-8-15(9-7-14)20-11-4-10-18-20/h3-13,17,19H,1-2H3. The zero-order valence-electron chi connectivity index (χ0n) is 12.2. The first-order chi connectivity index (χ1) is 10.2. The molecule has 2 heterocycles. The van der Waals surface area contributed by atoms with Gasteiger partial charge in [-0.05, 0) is 47.7 Å². The van der Waals surface area contributed by atoms with Crippen LogP contribution >= 0.6 is 11.3 Å². The number of nitrogens with one attached hydrogen (secondary N) is 1. The van der Waals surface area contributed by atoms with Crippen molar-refractivity contribution in [1.82, 2.24) is 9.78 Å². The molecule has 1 atom stereocenters. The minimum atomic E-state index is 0.348. The summed E-state index contributed by atoms with van der Waals surface area (Å²) in [5.41, 5.74) is 2.21. The number of hydrogen-bond acceptors (Lipinski definition) is 3. The summed E-state index contributed by atoms with van der Waals surface area (Å²) in [6, 6.07) is 15.0. The van der Waals surface area contributed by atoms with Gasteiger partial charge in [0.2, 0.25) is 0 Å². The normalized spacial score (nSPS) is 12.5. The van der Waals surface area contributed by atoms with E-state index >= 15 is 0 Å². The Morgan fingerprint density at radius 1 is 1.10 bits per heavy atom. The molecule has 0 saturated heterocycles. The van der Waals surface area contributed by atoms with E-state index < -0.39 is 0 Å². The molecular weight excluding hydrogens is 278 g/mol. The van der Waals surface area contributed by atoms with Gasteiger partial charge in [0.15, 0.2) is 0 Å². The van der Waals surface area contributed by atoms with Crippen LogP contribution in [0.1, 0.15) is 24.8 Å². The van der Waals surface area contributed by atoms with Crippen LogP contribution in [0.4, 0.5) is 5.69 Å². The zero-order chi connectivity index (χ0) is 14.7. The second kappa shape index (κ2) is 6.14. The summed E-state index contributed by atoms with van der Waals surface area (Å²) in [6.45, 7) is 4.49. The summed E-state index contributed by atoms with van der Waals surface area (Å²) in [7, 11) is 0. The molecule has 0 saturated carbocycles. The number of anilines is 1. The van der Waals surface area contributed by atoms with E-state index in [0.717, 1.165) is 11.4 Å². The van der Waals surface area contributed by atoms with Gasteiger partial charge < -0.3 is 5.32 Å². The molecule has 3 aromatic rings. The van der Waals surface area contributed by atoms with E-state index in [1.54, 1.807) is 17.5 Å². The summed E-state index contributed by atoms with van der Waals surface area (Å²) >= 11 is 1.80. The first kappa shape index (κ1) is 13.9. The van der Waals surface area contributed by atoms with Crippen molar-refractivity contribution in [2.45, 2.75) is 19.9 Å². The fraction of sp³-hybridized carbons (Fsp3) is 0.235. The third-order valence-corrected chi connectivity index (χ3v) is 4.43. The highest BCUT2D eigenvalue weighted by Gasteiger charge is 2.16. The van der Waals surface area contributed by atoms with Crippen molar-refractivity contribution in [3.05, 3.63) is 65.1 Å². The third kappa shape index (κ3) is 3.16. The minimum absolute atomic E-state index is 0.348. The van der Waals surface area contributed by atoms with Crippen molar-refractivity contribution in [1.29, 1.82) is 0 Å². The van der Waals surface area contributed by atoms with Gasteiger partial charge in [-0.15, -0.1) is 11.3 Å². The lowest BCUT2D eigenvalue weighted by Gasteiger charge is -2.22. The molecule has 3 rings (SSSR count). The lowest BCUT2D eigenvalue weighted by molar-refractivity contribution is 0.554. The van der Waals surface area contributed by atoms with Crippen LogP contribution in [0, 0.1) is 5.92 Å². The summed E-state index contributed by atoms with van der Waals surface area (Å²) < 4.78 is 1.86. The summed E-state index contributed by atoms with van der Waals surface area (Å²) in [5, 5.41) is 10.0. The second-order valence-electron chi connectivity index (χ2n) is 5.38. The van der Waals surface area contributed by atoms with Gasteiger partial charge in [0.25, 0.3) is 0 Å². The van der Waals surface area contributed by atoms with Gasteiger partial charge >= 0.3 is 0 Å². The van der Waals surface area contributed by atoms with E-state index in [2.05, 4.69) is 66.0 Å². The predicted molar refractivity (Wildman–Crippen MR) is 89.1 cm³/mol. The molecular formula is C17H19N3S. The van der Waals surface area contributed by atoms with E-state index in [0.29, 0.717) is 12.0 Å². The van der Waals surface area contributed by atoms with Gasteiger partial charge in [0, 0.05) is 23.0 Å². The van der Waals surface area contributed by atoms with Crippen LogP contribution in [-0.2, 0) is 0 Å². The van der Waals surface area contributed by atoms with Crippen molar-refractivity contribution in [3.8, 4) is 5.69 Å². The molecule has 2 aromatic heterocycles. The lowest BCUT2D eigenvalue weighted by Crippen LogP contribution is -2.15. The highest BCUT2D eigenvalue weighted by atomic mass is 32.1. The Morgan fingerprint density at radius 2 is 1.90 bits per heavy atom. The highest BCUT2D eigenvalue weighted by molar-refractivity contribution is 7.10. The molecule has 0 spiro atoms. The van der Waals surface area contributed by atoms with Crippen LogP contribution in [0.25, 0.3) is 5.69 Å². The Labute approximate surface area is 129 Å². The fourth-order valence-corrected chi connectivity index (χ4v) is 3.30. The van der Waals surface area contributed by atoms with E-state index in [9.17, 15) is 0 Å². The molecule has 0 amide bonds. The Bertz CT molecular complexity index is 655. The molecule has 108 valence electrons. The van der Waals surface area contributed by atoms with E-state index in [1.807, 2.05) is 16.9 Å². The third-order valence-electron chi connectivity index (χ3n) is 3.47. The predicted octanol–water partition coefficient (Wildman–Crippen LogP) is 4.74. The molecule has 0 bridgehead atoms. The van der Waals surface area contributed by atoms with Crippen LogP contribution in [0.3, 0.4) is 0 Å². The van der Waals surface area contributed by atoms with Crippen molar-refractivity contribution in [2.24, 2.45) is 5.92 Å². The average Bonchev–Trinajstić information content (AvgIpc) is 3.18. The maximum Gasteiger partial charge on any atom is 0.0647 e. The molecule has 1 unspecified atom stereocenters. The number of hydrogen-bond donors (Lipinski definition) is 1. The molecule has 0 aliphatic heterocycles. The Hall–Kier alpha value is -2.07. The fourth-order valence-electron chi connectivity index (χ4n) is 2.35. The Kier molecular flexibility index (Phi) is 4.06. The maximum absolute atomic E-state index is 4.24. The van der Waals surface area contributed by atoms with Crippen LogP contribution in [-0.4, -0.2) is 9.78 Å². The molecule has 0 aliphatic rings. The highest BCUT2D eigenvalue weighted by Crippen LogP contribution is 2.29. The van der Waals surface area contributed by atoms with Gasteiger partial charge in [0.05, 0.1) is 11.7 Å². The molecule has 4 heteroatoms. The van der Waals surface area contributed by atoms with Gasteiger partial charge in [-0.25, -0.2) is 4.68 Å². The lowest BCUT2D eigenvalue weighted by atomic mass is 10.0. The summed E-state index contributed by atoms with van der Waals surface area (Å²) in [5.74, 6) is 0.537. The van der Waals surface area contributed by atoms with E-state index in [1.165, 1.54) is 4.88 Å². The minimum Gasteiger partial charge on any atom is -0.377 e. The van der Waals surface area contributed by atoms with Gasteiger partial charge in [-0.2, -0.15) is 5.10 Å². The zero-order valence-corrected chi connectivity index (χ0v) is 13.0. The molecule has 1 N–H and O–H groups in total. The number of aromatic nitrogens is 2. The quantitative estimate of drug-likeness (QED) is 0.737. The number of thiophene rings is 1. The Morgan fingerprint density at radius 3 is 2.48 bits per heavy atom. The largest absolute Gasteiger partial charge is 0.377 e. The van der Waals surface area contributed by atoms with Crippen molar-refractivity contribution >= 4 is 17.0 Å². The van der Waals surface area contributed by atoms with Crippen molar-refractivity contribution in [3.63, 3.8) is 0 Å². The number of nitrogens with zero attached hydrogens (tertiary/aromatic N) is 2. The molecule has 3 nitrogen and oxygen atoms in total. The van der Waals surface area contributed by atoms with Gasteiger partial charge in [0.1, 0.15) is 0 Å². The monoisotopic (exact) mass is 297 g/mol. The van der Waals surface area contributed by atoms with Crippen LogP contribution in [0.5, 0.6) is 0 Å². The molecule has 21 heavy (non-hydrogen) atoms. The molecule has 0 aliphatic carbocycles. The van der Waals surface area contributed by atoms with Gasteiger partial charge in [-0.3, -0.25) is 0 Å². The molecule has 0 radical (unpaired) electrons. The summed E-state index contributed by atoms with van der Waals surface area (Å²) in [6.07, 6.45) is 3.74. The topological polar surface area (TPSA) is 29.9 Å². The smallest absolute Gasteiger partial charge is 0.0647 e. The first-order valence-electron chi connectivity index (χ1n) is 7.14. The van der Waals surface area contributed by atoms with Crippen LogP contribution in [0.2, 0.25) is 0 Å². The maximum atomic E-state index is 4.24. The molecule has 1 aromatic carbocycles. The average molecular weight is 297 g/mol. The van der Waals surface area contributed by atoms with Crippen molar-refractivity contribution < 1.29 is 0 Å². The van der Waals surface area contributed by atoms with Crippen molar-refractivity contribution in [2.75, 3.05) is 5.32 Å². The number of rotatable bonds is 5. The second-order valence-corrected chi connectivity index (χ2v) is 6.36. The van der Waals surface area contributed by atoms with E-state index in [4.69, 9.17) is 0 Å². The van der Waals surface area contributed by atoms with Crippen LogP contribution < -0.4 is 5.32 Å². The SMILES string of the molecule is CC(C)C(Nc1ccc(-n2cccn2)cc1)c1cccs1. The number of benzene rings is 1. The van der Waals surface area contributed by atoms with E-state index in [-0.39, 0.29) is 0 Å². The Balaban J connectivity index is 1.78. The first-order valence-corrected chi connectivity index (χ1v) is 8.02. The molecule has 0 fully saturated rings. The van der Waals surface area contributed by atoms with Gasteiger partial charge in [-0.1, -0.05) is 19.9 Å². The van der Waals surface area contributed by atoms with Crippen LogP contribution in [0.15, 0.2) is 60.2 Å². The summed E-state index contributed by atoms with van der Waals surface area (Å²) in [4.78, 5) is 1.38.